The maximum absolute atomic E-state index is 11.9. The third-order valence-electron chi connectivity index (χ3n) is 4.09. The van der Waals surface area contributed by atoms with Crippen LogP contribution in [0.1, 0.15) is 60.9 Å². The van der Waals surface area contributed by atoms with E-state index in [9.17, 15) is 4.79 Å². The molecule has 96 valence electrons. The van der Waals surface area contributed by atoms with Crippen LogP contribution in [0.25, 0.3) is 0 Å². The molecule has 0 aromatic heterocycles. The van der Waals surface area contributed by atoms with Gasteiger partial charge in [0.25, 0.3) is 0 Å². The van der Waals surface area contributed by atoms with Crippen LogP contribution < -0.4 is 4.74 Å². The summed E-state index contributed by atoms with van der Waals surface area (Å²) in [6, 6.07) is 6.07. The number of aryl methyl sites for hydroxylation is 1. The molecule has 0 radical (unpaired) electrons. The van der Waals surface area contributed by atoms with Crippen LogP contribution in [0.3, 0.4) is 0 Å². The van der Waals surface area contributed by atoms with E-state index >= 15 is 0 Å². The summed E-state index contributed by atoms with van der Waals surface area (Å²) >= 11 is 0. The van der Waals surface area contributed by atoms with Gasteiger partial charge in [0, 0.05) is 12.0 Å². The van der Waals surface area contributed by atoms with E-state index in [-0.39, 0.29) is 5.78 Å². The molecule has 0 atom stereocenters. The number of ether oxygens (including phenoxy) is 1. The first kappa shape index (κ1) is 11.8. The summed E-state index contributed by atoms with van der Waals surface area (Å²) in [7, 11) is 0. The molecular weight excluding hydrogens is 224 g/mol. The first-order valence-corrected chi connectivity index (χ1v) is 7.16. The number of hydrogen-bond acceptors (Lipinski definition) is 2. The third-order valence-corrected chi connectivity index (χ3v) is 4.09. The molecule has 2 nitrogen and oxygen atoms in total. The van der Waals surface area contributed by atoms with Crippen molar-refractivity contribution in [3.63, 3.8) is 0 Å². The maximum atomic E-state index is 11.9. The monoisotopic (exact) mass is 244 g/mol. The summed E-state index contributed by atoms with van der Waals surface area (Å²) in [6.45, 7) is 0. The number of carbonyl (C=O) groups excluding carboxylic acids is 1. The molecule has 3 rings (SSSR count). The smallest absolute Gasteiger partial charge is 0.163 e. The van der Waals surface area contributed by atoms with E-state index < -0.39 is 0 Å². The van der Waals surface area contributed by atoms with Crippen LogP contribution in [0.15, 0.2) is 18.2 Å². The van der Waals surface area contributed by atoms with Crippen LogP contribution >= 0.6 is 0 Å². The predicted octanol–water partition coefficient (Wildman–Crippen LogP) is 3.92. The van der Waals surface area contributed by atoms with Crippen LogP contribution in [-0.4, -0.2) is 11.9 Å². The molecule has 1 fully saturated rings. The number of hydrogen-bond donors (Lipinski definition) is 0. The summed E-state index contributed by atoms with van der Waals surface area (Å²) in [6.07, 6.45) is 9.27. The summed E-state index contributed by atoms with van der Waals surface area (Å²) in [5.74, 6) is 1.17. The van der Waals surface area contributed by atoms with Gasteiger partial charge in [-0.15, -0.1) is 0 Å². The number of carbonyl (C=O) groups is 1. The molecule has 2 heteroatoms. The van der Waals surface area contributed by atoms with E-state index in [0.717, 1.165) is 37.0 Å². The summed E-state index contributed by atoms with van der Waals surface area (Å²) in [5, 5.41) is 0. The van der Waals surface area contributed by atoms with Gasteiger partial charge in [0.05, 0.1) is 6.10 Å². The van der Waals surface area contributed by atoms with Crippen LogP contribution in [0.5, 0.6) is 5.75 Å². The second kappa shape index (κ2) is 5.13. The highest BCUT2D eigenvalue weighted by atomic mass is 16.5. The molecule has 1 aromatic rings. The highest BCUT2D eigenvalue weighted by molar-refractivity contribution is 5.98. The van der Waals surface area contributed by atoms with Gasteiger partial charge in [-0.05, 0) is 56.2 Å². The van der Waals surface area contributed by atoms with Crippen LogP contribution in [0.2, 0.25) is 0 Å². The topological polar surface area (TPSA) is 26.3 Å². The Morgan fingerprint density at radius 1 is 1.00 bits per heavy atom. The van der Waals surface area contributed by atoms with Gasteiger partial charge in [0.15, 0.2) is 5.78 Å². The zero-order chi connectivity index (χ0) is 12.4. The largest absolute Gasteiger partial charge is 0.490 e. The van der Waals surface area contributed by atoms with E-state index in [1.54, 1.807) is 0 Å². The average Bonchev–Trinajstić information content (AvgIpc) is 2.41. The fourth-order valence-electron chi connectivity index (χ4n) is 3.06. The van der Waals surface area contributed by atoms with Crippen molar-refractivity contribution in [1.29, 1.82) is 0 Å². The van der Waals surface area contributed by atoms with Crippen LogP contribution in [-0.2, 0) is 6.42 Å². The van der Waals surface area contributed by atoms with Crippen molar-refractivity contribution >= 4 is 5.78 Å². The van der Waals surface area contributed by atoms with Gasteiger partial charge in [-0.25, -0.2) is 0 Å². The highest BCUT2D eigenvalue weighted by Gasteiger charge is 2.19. The Morgan fingerprint density at radius 2 is 1.83 bits per heavy atom. The number of benzene rings is 1. The zero-order valence-electron chi connectivity index (χ0n) is 10.8. The maximum Gasteiger partial charge on any atom is 0.163 e. The van der Waals surface area contributed by atoms with Crippen molar-refractivity contribution in [3.05, 3.63) is 29.3 Å². The lowest BCUT2D eigenvalue weighted by Crippen LogP contribution is -2.20. The molecule has 2 aliphatic carbocycles. The average molecular weight is 244 g/mol. The summed E-state index contributed by atoms with van der Waals surface area (Å²) in [5.41, 5.74) is 2.09. The first-order valence-electron chi connectivity index (χ1n) is 7.16. The van der Waals surface area contributed by atoms with Crippen molar-refractivity contribution in [1.82, 2.24) is 0 Å². The molecule has 0 bridgehead atoms. The van der Waals surface area contributed by atoms with Crippen molar-refractivity contribution < 1.29 is 9.53 Å². The van der Waals surface area contributed by atoms with Crippen molar-refractivity contribution in [3.8, 4) is 5.75 Å². The second-order valence-electron chi connectivity index (χ2n) is 5.47. The molecule has 0 amide bonds. The number of ketones is 1. The van der Waals surface area contributed by atoms with Gasteiger partial charge in [-0.2, -0.15) is 0 Å². The minimum atomic E-state index is 0.283. The molecule has 0 heterocycles. The second-order valence-corrected chi connectivity index (χ2v) is 5.47. The molecule has 0 saturated heterocycles. The Hall–Kier alpha value is -1.31. The Balaban J connectivity index is 1.76. The fourth-order valence-corrected chi connectivity index (χ4v) is 3.06. The Morgan fingerprint density at radius 3 is 2.67 bits per heavy atom. The van der Waals surface area contributed by atoms with Gasteiger partial charge in [0.1, 0.15) is 5.75 Å². The molecule has 2 aliphatic rings. The first-order chi connectivity index (χ1) is 8.83. The molecule has 0 N–H and O–H groups in total. The molecule has 0 aliphatic heterocycles. The van der Waals surface area contributed by atoms with Gasteiger partial charge < -0.3 is 4.74 Å². The lowest BCUT2D eigenvalue weighted by Gasteiger charge is -2.24. The molecular formula is C16H20O2. The lowest BCUT2D eigenvalue weighted by molar-refractivity contribution is 0.0971. The fraction of sp³-hybridized carbons (Fsp3) is 0.562. The molecule has 0 spiro atoms. The number of fused-ring (bicyclic) bond motifs is 1. The van der Waals surface area contributed by atoms with Gasteiger partial charge >= 0.3 is 0 Å². The van der Waals surface area contributed by atoms with Crippen molar-refractivity contribution in [2.24, 2.45) is 0 Å². The Bertz CT molecular complexity index is 444. The van der Waals surface area contributed by atoms with E-state index in [1.165, 1.54) is 24.8 Å². The molecule has 1 saturated carbocycles. The van der Waals surface area contributed by atoms with E-state index in [2.05, 4.69) is 6.07 Å². The number of rotatable bonds is 2. The highest BCUT2D eigenvalue weighted by Crippen LogP contribution is 2.28. The molecule has 0 unspecified atom stereocenters. The SMILES string of the molecule is O=C1CCCc2ccc(OC3CCCCC3)cc21. The van der Waals surface area contributed by atoms with E-state index in [1.807, 2.05) is 12.1 Å². The van der Waals surface area contributed by atoms with Gasteiger partial charge in [0.2, 0.25) is 0 Å². The quantitative estimate of drug-likeness (QED) is 0.788. The lowest BCUT2D eigenvalue weighted by atomic mass is 9.90. The molecule has 18 heavy (non-hydrogen) atoms. The van der Waals surface area contributed by atoms with Crippen LogP contribution in [0, 0.1) is 0 Å². The molecule has 1 aromatic carbocycles. The van der Waals surface area contributed by atoms with Crippen molar-refractivity contribution in [2.75, 3.05) is 0 Å². The minimum absolute atomic E-state index is 0.283. The summed E-state index contributed by atoms with van der Waals surface area (Å²) in [4.78, 5) is 11.9. The Kier molecular flexibility index (Phi) is 3.35. The van der Waals surface area contributed by atoms with Gasteiger partial charge in [-0.1, -0.05) is 12.5 Å². The van der Waals surface area contributed by atoms with E-state index in [0.29, 0.717) is 12.5 Å². The predicted molar refractivity (Wildman–Crippen MR) is 71.2 cm³/mol. The zero-order valence-corrected chi connectivity index (χ0v) is 10.8. The van der Waals surface area contributed by atoms with Crippen LogP contribution in [0.4, 0.5) is 0 Å². The van der Waals surface area contributed by atoms with E-state index in [4.69, 9.17) is 4.74 Å². The number of Topliss-reactive ketones (excluding diaryl/α,β-unsaturated/α-hetero) is 1. The van der Waals surface area contributed by atoms with Gasteiger partial charge in [-0.3, -0.25) is 4.79 Å². The summed E-state index contributed by atoms with van der Waals surface area (Å²) < 4.78 is 6.02. The van der Waals surface area contributed by atoms with Crippen molar-refractivity contribution in [2.45, 2.75) is 57.5 Å². The third kappa shape index (κ3) is 2.43. The normalized spacial score (nSPS) is 20.6. The minimum Gasteiger partial charge on any atom is -0.490 e. The standard InChI is InChI=1S/C16H20O2/c17-16-8-4-5-12-9-10-14(11-15(12)16)18-13-6-2-1-3-7-13/h9-11,13H,1-8H2. The Labute approximate surface area is 108 Å².